The van der Waals surface area contributed by atoms with E-state index in [1.807, 2.05) is 57.3 Å². The summed E-state index contributed by atoms with van der Waals surface area (Å²) in [5.41, 5.74) is 2.01. The van der Waals surface area contributed by atoms with Crippen LogP contribution in [0.1, 0.15) is 46.6 Å². The first-order chi connectivity index (χ1) is 11.5. The number of benzene rings is 1. The molecule has 1 aromatic carbocycles. The third kappa shape index (κ3) is 3.51. The summed E-state index contributed by atoms with van der Waals surface area (Å²) < 4.78 is 0. The lowest BCUT2D eigenvalue weighted by atomic mass is 10.1. The monoisotopic (exact) mass is 342 g/mol. The van der Waals surface area contributed by atoms with E-state index in [2.05, 4.69) is 5.32 Å². The van der Waals surface area contributed by atoms with Crippen molar-refractivity contribution in [2.24, 2.45) is 5.92 Å². The SMILES string of the molecule is Cc1cc(NC(=O)C2CC2)sc1C(=O)N(C)C(C)c1ccccc1. The summed E-state index contributed by atoms with van der Waals surface area (Å²) in [6.07, 6.45) is 1.94. The van der Waals surface area contributed by atoms with Gasteiger partial charge in [-0.3, -0.25) is 9.59 Å². The third-order valence-electron chi connectivity index (χ3n) is 4.49. The van der Waals surface area contributed by atoms with Gasteiger partial charge in [0.05, 0.1) is 15.9 Å². The predicted molar refractivity (Wildman–Crippen MR) is 97.4 cm³/mol. The molecular formula is C19H22N2O2S. The van der Waals surface area contributed by atoms with E-state index in [-0.39, 0.29) is 23.8 Å². The van der Waals surface area contributed by atoms with Crippen molar-refractivity contribution in [1.29, 1.82) is 0 Å². The number of nitrogens with zero attached hydrogens (tertiary/aromatic N) is 1. The van der Waals surface area contributed by atoms with E-state index in [4.69, 9.17) is 0 Å². The second-order valence-corrected chi connectivity index (χ2v) is 7.44. The lowest BCUT2D eigenvalue weighted by molar-refractivity contribution is -0.117. The van der Waals surface area contributed by atoms with Crippen LogP contribution in [0, 0.1) is 12.8 Å². The predicted octanol–water partition coefficient (Wildman–Crippen LogP) is 4.24. The van der Waals surface area contributed by atoms with E-state index in [0.29, 0.717) is 4.88 Å². The van der Waals surface area contributed by atoms with Gasteiger partial charge < -0.3 is 10.2 Å². The Morgan fingerprint density at radius 3 is 2.54 bits per heavy atom. The molecule has 1 N–H and O–H groups in total. The Morgan fingerprint density at radius 1 is 1.25 bits per heavy atom. The summed E-state index contributed by atoms with van der Waals surface area (Å²) in [4.78, 5) is 27.2. The smallest absolute Gasteiger partial charge is 0.264 e. The van der Waals surface area contributed by atoms with E-state index in [0.717, 1.165) is 29.0 Å². The molecule has 1 aromatic heterocycles. The van der Waals surface area contributed by atoms with Gasteiger partial charge in [0.1, 0.15) is 0 Å². The normalized spacial score (nSPS) is 15.0. The van der Waals surface area contributed by atoms with Crippen molar-refractivity contribution in [3.8, 4) is 0 Å². The summed E-state index contributed by atoms with van der Waals surface area (Å²) in [5.74, 6) is 0.217. The number of thiophene rings is 1. The number of rotatable bonds is 5. The van der Waals surface area contributed by atoms with Gasteiger partial charge in [0, 0.05) is 13.0 Å². The fraction of sp³-hybridized carbons (Fsp3) is 0.368. The lowest BCUT2D eigenvalue weighted by Crippen LogP contribution is -2.29. The Bertz CT molecular complexity index is 750. The summed E-state index contributed by atoms with van der Waals surface area (Å²) in [7, 11) is 1.82. The molecule has 1 fully saturated rings. The van der Waals surface area contributed by atoms with E-state index >= 15 is 0 Å². The second kappa shape index (κ2) is 6.77. The molecule has 0 aliphatic heterocycles. The largest absolute Gasteiger partial charge is 0.334 e. The van der Waals surface area contributed by atoms with Crippen LogP contribution in [0.15, 0.2) is 36.4 Å². The van der Waals surface area contributed by atoms with Crippen LogP contribution in [-0.2, 0) is 4.79 Å². The zero-order valence-corrected chi connectivity index (χ0v) is 15.0. The summed E-state index contributed by atoms with van der Waals surface area (Å²) in [6.45, 7) is 3.93. The first kappa shape index (κ1) is 16.7. The zero-order valence-electron chi connectivity index (χ0n) is 14.2. The lowest BCUT2D eigenvalue weighted by Gasteiger charge is -2.25. The highest BCUT2D eigenvalue weighted by atomic mass is 32.1. The Hall–Kier alpha value is -2.14. The first-order valence-corrected chi connectivity index (χ1v) is 9.02. The molecule has 1 saturated carbocycles. The fourth-order valence-corrected chi connectivity index (χ4v) is 3.67. The minimum Gasteiger partial charge on any atom is -0.334 e. The molecule has 1 unspecified atom stereocenters. The molecule has 1 aliphatic rings. The van der Waals surface area contributed by atoms with E-state index < -0.39 is 0 Å². The van der Waals surface area contributed by atoms with E-state index in [1.54, 1.807) is 4.90 Å². The van der Waals surface area contributed by atoms with Crippen LogP contribution >= 0.6 is 11.3 Å². The summed E-state index contributed by atoms with van der Waals surface area (Å²) >= 11 is 1.36. The number of hydrogen-bond donors (Lipinski definition) is 1. The Labute approximate surface area is 146 Å². The molecule has 0 bridgehead atoms. The average Bonchev–Trinajstić information content (AvgIpc) is 3.38. The molecule has 1 aliphatic carbocycles. The fourth-order valence-electron chi connectivity index (χ4n) is 2.62. The molecular weight excluding hydrogens is 320 g/mol. The maximum Gasteiger partial charge on any atom is 0.264 e. The highest BCUT2D eigenvalue weighted by Crippen LogP contribution is 2.33. The molecule has 126 valence electrons. The van der Waals surface area contributed by atoms with Crippen molar-refractivity contribution in [2.75, 3.05) is 12.4 Å². The van der Waals surface area contributed by atoms with Crippen LogP contribution in [0.25, 0.3) is 0 Å². The van der Waals surface area contributed by atoms with Gasteiger partial charge >= 0.3 is 0 Å². The van der Waals surface area contributed by atoms with Crippen molar-refractivity contribution in [3.63, 3.8) is 0 Å². The van der Waals surface area contributed by atoms with Crippen LogP contribution < -0.4 is 5.32 Å². The standard InChI is InChI=1S/C19H22N2O2S/c1-12-11-16(20-18(22)15-9-10-15)24-17(12)19(23)21(3)13(2)14-7-5-4-6-8-14/h4-8,11,13,15H,9-10H2,1-3H3,(H,20,22). The Kier molecular flexibility index (Phi) is 4.71. The molecule has 0 radical (unpaired) electrons. The van der Waals surface area contributed by atoms with Crippen LogP contribution in [-0.4, -0.2) is 23.8 Å². The number of anilines is 1. The van der Waals surface area contributed by atoms with E-state index in [9.17, 15) is 9.59 Å². The van der Waals surface area contributed by atoms with Gasteiger partial charge in [0.2, 0.25) is 5.91 Å². The topological polar surface area (TPSA) is 49.4 Å². The van der Waals surface area contributed by atoms with Crippen LogP contribution in [0.2, 0.25) is 0 Å². The Balaban J connectivity index is 1.74. The zero-order chi connectivity index (χ0) is 17.3. The van der Waals surface area contributed by atoms with Crippen molar-refractivity contribution < 1.29 is 9.59 Å². The molecule has 24 heavy (non-hydrogen) atoms. The number of nitrogens with one attached hydrogen (secondary N) is 1. The van der Waals surface area contributed by atoms with Crippen molar-refractivity contribution >= 4 is 28.2 Å². The third-order valence-corrected chi connectivity index (χ3v) is 5.63. The number of carbonyl (C=O) groups excluding carboxylic acids is 2. The molecule has 1 atom stereocenters. The highest BCUT2D eigenvalue weighted by molar-refractivity contribution is 7.18. The molecule has 5 heteroatoms. The summed E-state index contributed by atoms with van der Waals surface area (Å²) in [6, 6.07) is 11.9. The number of hydrogen-bond acceptors (Lipinski definition) is 3. The van der Waals surface area contributed by atoms with Gasteiger partial charge in [0.25, 0.3) is 5.91 Å². The van der Waals surface area contributed by atoms with Crippen LogP contribution in [0.4, 0.5) is 5.00 Å². The van der Waals surface area contributed by atoms with Crippen LogP contribution in [0.3, 0.4) is 0 Å². The molecule has 0 saturated heterocycles. The summed E-state index contributed by atoms with van der Waals surface area (Å²) in [5, 5.41) is 3.69. The van der Waals surface area contributed by atoms with Gasteiger partial charge in [-0.2, -0.15) is 0 Å². The van der Waals surface area contributed by atoms with Gasteiger partial charge in [0.15, 0.2) is 0 Å². The maximum atomic E-state index is 12.8. The molecule has 3 rings (SSSR count). The molecule has 1 heterocycles. The Morgan fingerprint density at radius 2 is 1.92 bits per heavy atom. The van der Waals surface area contributed by atoms with Gasteiger partial charge in [-0.1, -0.05) is 30.3 Å². The number of aryl methyl sites for hydroxylation is 1. The van der Waals surface area contributed by atoms with Crippen molar-refractivity contribution in [3.05, 3.63) is 52.4 Å². The maximum absolute atomic E-state index is 12.8. The van der Waals surface area contributed by atoms with Crippen molar-refractivity contribution in [2.45, 2.75) is 32.7 Å². The highest BCUT2D eigenvalue weighted by Gasteiger charge is 2.30. The minimum atomic E-state index is -0.0132. The molecule has 2 amide bonds. The van der Waals surface area contributed by atoms with Crippen molar-refractivity contribution in [1.82, 2.24) is 4.90 Å². The van der Waals surface area contributed by atoms with Gasteiger partial charge in [-0.25, -0.2) is 0 Å². The van der Waals surface area contributed by atoms with Gasteiger partial charge in [-0.05, 0) is 43.9 Å². The number of carbonyl (C=O) groups is 2. The number of amides is 2. The van der Waals surface area contributed by atoms with Gasteiger partial charge in [-0.15, -0.1) is 11.3 Å². The molecule has 0 spiro atoms. The molecule has 2 aromatic rings. The quantitative estimate of drug-likeness (QED) is 0.883. The molecule has 4 nitrogen and oxygen atoms in total. The second-order valence-electron chi connectivity index (χ2n) is 6.39. The van der Waals surface area contributed by atoms with E-state index in [1.165, 1.54) is 11.3 Å². The van der Waals surface area contributed by atoms with Crippen LogP contribution in [0.5, 0.6) is 0 Å². The average molecular weight is 342 g/mol. The first-order valence-electron chi connectivity index (χ1n) is 8.20. The minimum absolute atomic E-state index is 0.00953.